The van der Waals surface area contributed by atoms with Crippen LogP contribution in [-0.2, 0) is 7.05 Å². The Labute approximate surface area is 150 Å². The number of rotatable bonds is 4. The third-order valence-electron chi connectivity index (χ3n) is 7.29. The van der Waals surface area contributed by atoms with E-state index < -0.39 is 0 Å². The van der Waals surface area contributed by atoms with Crippen molar-refractivity contribution in [3.05, 3.63) is 33.7 Å². The molecule has 4 fully saturated rings. The van der Waals surface area contributed by atoms with Crippen LogP contribution >= 0.6 is 0 Å². The van der Waals surface area contributed by atoms with Gasteiger partial charge in [-0.15, -0.1) is 0 Å². The quantitative estimate of drug-likeness (QED) is 0.911. The van der Waals surface area contributed by atoms with Gasteiger partial charge in [0.1, 0.15) is 5.69 Å². The van der Waals surface area contributed by atoms with E-state index in [0.29, 0.717) is 11.1 Å². The fourth-order valence-corrected chi connectivity index (χ4v) is 6.51. The molecule has 0 unspecified atom stereocenters. The van der Waals surface area contributed by atoms with Gasteiger partial charge in [0.15, 0.2) is 5.43 Å². The third kappa shape index (κ3) is 2.84. The van der Waals surface area contributed by atoms with E-state index in [1.807, 2.05) is 18.5 Å². The Morgan fingerprint density at radius 2 is 1.76 bits per heavy atom. The molecule has 1 amide bonds. The highest BCUT2D eigenvalue weighted by molar-refractivity contribution is 5.92. The number of hydrogen-bond acceptors (Lipinski definition) is 2. The minimum atomic E-state index is -0.0939. The van der Waals surface area contributed by atoms with E-state index in [2.05, 4.69) is 12.2 Å². The maximum atomic E-state index is 13.0. The van der Waals surface area contributed by atoms with E-state index in [9.17, 15) is 9.59 Å². The summed E-state index contributed by atoms with van der Waals surface area (Å²) in [4.78, 5) is 24.8. The van der Waals surface area contributed by atoms with E-state index in [-0.39, 0.29) is 17.4 Å². The number of nitrogens with one attached hydrogen (secondary N) is 1. The van der Waals surface area contributed by atoms with Crippen molar-refractivity contribution in [3.63, 3.8) is 0 Å². The second-order valence-corrected chi connectivity index (χ2v) is 8.99. The average molecular weight is 342 g/mol. The molecule has 1 aromatic heterocycles. The molecule has 0 aliphatic heterocycles. The predicted molar refractivity (Wildman–Crippen MR) is 98.6 cm³/mol. The number of nitrogens with zero attached hydrogens (tertiary/aromatic N) is 1. The summed E-state index contributed by atoms with van der Waals surface area (Å²) in [6.07, 6.45) is 9.05. The maximum Gasteiger partial charge on any atom is 0.268 e. The van der Waals surface area contributed by atoms with Crippen molar-refractivity contribution in [1.82, 2.24) is 9.88 Å². The highest BCUT2D eigenvalue weighted by Crippen LogP contribution is 2.61. The van der Waals surface area contributed by atoms with Gasteiger partial charge in [0, 0.05) is 30.9 Å². The monoisotopic (exact) mass is 342 g/mol. The Bertz CT molecular complexity index is 713. The lowest BCUT2D eigenvalue weighted by Gasteiger charge is -2.59. The molecule has 4 saturated carbocycles. The second-order valence-electron chi connectivity index (χ2n) is 8.99. The van der Waals surface area contributed by atoms with Crippen molar-refractivity contribution < 1.29 is 4.79 Å². The summed E-state index contributed by atoms with van der Waals surface area (Å²) in [6, 6.07) is 3.27. The van der Waals surface area contributed by atoms with Crippen LogP contribution in [0.25, 0.3) is 0 Å². The Hall–Kier alpha value is -1.58. The predicted octanol–water partition coefficient (Wildman–Crippen LogP) is 3.42. The van der Waals surface area contributed by atoms with E-state index in [4.69, 9.17) is 0 Å². The minimum Gasteiger partial charge on any atom is -0.347 e. The number of aromatic nitrogens is 1. The molecule has 5 rings (SSSR count). The van der Waals surface area contributed by atoms with Crippen molar-refractivity contribution >= 4 is 5.91 Å². The fraction of sp³-hybridized carbons (Fsp3) is 0.714. The summed E-state index contributed by atoms with van der Waals surface area (Å²) in [7, 11) is 1.86. The molecule has 4 heteroatoms. The van der Waals surface area contributed by atoms with Gasteiger partial charge in [-0.3, -0.25) is 9.59 Å². The highest BCUT2D eigenvalue weighted by Gasteiger charge is 2.54. The first-order chi connectivity index (χ1) is 11.9. The molecule has 0 radical (unpaired) electrons. The Kier molecular flexibility index (Phi) is 4.04. The Morgan fingerprint density at radius 3 is 2.28 bits per heavy atom. The summed E-state index contributed by atoms with van der Waals surface area (Å²) < 4.78 is 1.82. The van der Waals surface area contributed by atoms with Gasteiger partial charge in [-0.05, 0) is 75.0 Å². The largest absolute Gasteiger partial charge is 0.347 e. The number of amides is 1. The van der Waals surface area contributed by atoms with Crippen LogP contribution in [-0.4, -0.2) is 16.5 Å². The van der Waals surface area contributed by atoms with Gasteiger partial charge in [-0.1, -0.05) is 6.92 Å². The van der Waals surface area contributed by atoms with Crippen molar-refractivity contribution in [2.45, 2.75) is 64.8 Å². The van der Waals surface area contributed by atoms with Crippen molar-refractivity contribution in [2.24, 2.45) is 30.2 Å². The molecule has 4 nitrogen and oxygen atoms in total. The van der Waals surface area contributed by atoms with Gasteiger partial charge in [-0.2, -0.15) is 0 Å². The van der Waals surface area contributed by atoms with Crippen LogP contribution in [0.1, 0.15) is 68.1 Å². The maximum absolute atomic E-state index is 13.0. The molecule has 136 valence electrons. The van der Waals surface area contributed by atoms with E-state index in [0.717, 1.165) is 29.9 Å². The first-order valence-electron chi connectivity index (χ1n) is 9.88. The van der Waals surface area contributed by atoms with Gasteiger partial charge in [0.2, 0.25) is 0 Å². The molecule has 1 heterocycles. The first kappa shape index (κ1) is 16.9. The number of carbonyl (C=O) groups excluding carboxylic acids is 1. The van der Waals surface area contributed by atoms with E-state index in [1.54, 1.807) is 6.07 Å². The summed E-state index contributed by atoms with van der Waals surface area (Å²) in [5.74, 6) is 2.53. The number of aryl methyl sites for hydroxylation is 1. The molecule has 4 aliphatic rings. The summed E-state index contributed by atoms with van der Waals surface area (Å²) >= 11 is 0. The van der Waals surface area contributed by atoms with Crippen LogP contribution in [0.5, 0.6) is 0 Å². The van der Waals surface area contributed by atoms with Crippen LogP contribution in [0.3, 0.4) is 0 Å². The molecule has 4 bridgehead atoms. The first-order valence-corrected chi connectivity index (χ1v) is 9.88. The van der Waals surface area contributed by atoms with Crippen molar-refractivity contribution in [1.29, 1.82) is 0 Å². The molecule has 25 heavy (non-hydrogen) atoms. The fourth-order valence-electron chi connectivity index (χ4n) is 6.51. The lowest BCUT2D eigenvalue weighted by Crippen LogP contribution is -2.56. The summed E-state index contributed by atoms with van der Waals surface area (Å²) in [5, 5.41) is 3.34. The zero-order chi connectivity index (χ0) is 17.8. The molecule has 1 atom stereocenters. The van der Waals surface area contributed by atoms with Crippen LogP contribution in [0.4, 0.5) is 0 Å². The van der Waals surface area contributed by atoms with Crippen LogP contribution in [0, 0.1) is 30.1 Å². The van der Waals surface area contributed by atoms with Gasteiger partial charge >= 0.3 is 0 Å². The van der Waals surface area contributed by atoms with Crippen LogP contribution in [0.2, 0.25) is 0 Å². The lowest BCUT2D eigenvalue weighted by molar-refractivity contribution is -0.0727. The Morgan fingerprint density at radius 1 is 1.20 bits per heavy atom. The molecular weight excluding hydrogens is 312 g/mol. The van der Waals surface area contributed by atoms with E-state index in [1.165, 1.54) is 44.6 Å². The molecule has 1 aromatic rings. The number of pyridine rings is 1. The van der Waals surface area contributed by atoms with Crippen LogP contribution < -0.4 is 10.7 Å². The minimum absolute atomic E-state index is 0.0918. The van der Waals surface area contributed by atoms with Crippen molar-refractivity contribution in [2.75, 3.05) is 0 Å². The van der Waals surface area contributed by atoms with Gasteiger partial charge < -0.3 is 9.88 Å². The molecule has 4 aliphatic carbocycles. The van der Waals surface area contributed by atoms with Gasteiger partial charge in [0.25, 0.3) is 5.91 Å². The molecule has 1 N–H and O–H groups in total. The average Bonchev–Trinajstić information content (AvgIpc) is 2.54. The van der Waals surface area contributed by atoms with E-state index >= 15 is 0 Å². The lowest BCUT2D eigenvalue weighted by atomic mass is 9.47. The molecule has 0 aromatic carbocycles. The molecular formula is C21H30N2O2. The van der Waals surface area contributed by atoms with Crippen molar-refractivity contribution in [3.8, 4) is 0 Å². The van der Waals surface area contributed by atoms with Gasteiger partial charge in [0.05, 0.1) is 0 Å². The smallest absolute Gasteiger partial charge is 0.268 e. The summed E-state index contributed by atoms with van der Waals surface area (Å²) in [5.41, 5.74) is 1.50. The van der Waals surface area contributed by atoms with Crippen LogP contribution in [0.15, 0.2) is 16.9 Å². The third-order valence-corrected chi connectivity index (χ3v) is 7.29. The zero-order valence-corrected chi connectivity index (χ0v) is 15.7. The highest BCUT2D eigenvalue weighted by atomic mass is 16.2. The SMILES string of the molecule is CC[C@@H](NC(=O)c1cc(=O)cc(C)n1C)C12CC3CC(CC(C3)C1)C2. The zero-order valence-electron chi connectivity index (χ0n) is 15.7. The standard InChI is InChI=1S/C21H30N2O2/c1-4-19(21-10-14-6-15(11-21)8-16(7-14)12-21)22-20(25)18-9-17(24)5-13(2)23(18)3/h5,9,14-16,19H,4,6-8,10-12H2,1-3H3,(H,22,25)/t14?,15?,16?,19-,21?/m1/s1. The molecule has 0 spiro atoms. The van der Waals surface area contributed by atoms with Gasteiger partial charge in [-0.25, -0.2) is 0 Å². The number of hydrogen-bond donors (Lipinski definition) is 1. The normalized spacial score (nSPS) is 34.1. The summed E-state index contributed by atoms with van der Waals surface area (Å²) in [6.45, 7) is 4.06. The Balaban J connectivity index is 1.59. The second kappa shape index (κ2) is 6.00. The topological polar surface area (TPSA) is 51.1 Å². The number of carbonyl (C=O) groups is 1. The molecule has 0 saturated heterocycles.